The maximum absolute atomic E-state index is 14.9. The van der Waals surface area contributed by atoms with Gasteiger partial charge in [-0.25, -0.2) is 4.39 Å². The van der Waals surface area contributed by atoms with Gasteiger partial charge in [-0.15, -0.1) is 0 Å². The first-order valence-electron chi connectivity index (χ1n) is 13.6. The van der Waals surface area contributed by atoms with Crippen LogP contribution in [0.5, 0.6) is 0 Å². The number of alkyl halides is 1. The Morgan fingerprint density at radius 3 is 2.53 bits per heavy atom. The van der Waals surface area contributed by atoms with Crippen LogP contribution in [0.1, 0.15) is 77.6 Å². The monoisotopic (exact) mass is 540 g/mol. The molecule has 204 valence electrons. The van der Waals surface area contributed by atoms with Crippen LogP contribution in [0.2, 0.25) is 0 Å². The van der Waals surface area contributed by atoms with Gasteiger partial charge >= 0.3 is 0 Å². The SMILES string of the molecule is C=C/C(=C\C(=C\NC(CCN1CC(C)C1)CSC1CCCCC1)NO)SNC(=O)C1(F)CCCCC1. The number of hydroxylamine groups is 1. The predicted molar refractivity (Wildman–Crippen MR) is 150 cm³/mol. The lowest BCUT2D eigenvalue weighted by Gasteiger charge is -2.38. The number of rotatable bonds is 14. The lowest BCUT2D eigenvalue weighted by Crippen LogP contribution is -2.47. The zero-order valence-corrected chi connectivity index (χ0v) is 23.4. The lowest BCUT2D eigenvalue weighted by atomic mass is 9.86. The van der Waals surface area contributed by atoms with Crippen LogP contribution in [0.3, 0.4) is 0 Å². The normalized spacial score (nSPS) is 23.0. The van der Waals surface area contributed by atoms with Crippen LogP contribution < -0.4 is 15.5 Å². The molecule has 0 aromatic rings. The van der Waals surface area contributed by atoms with Crippen molar-refractivity contribution in [1.82, 2.24) is 20.4 Å². The molecule has 1 amide bonds. The van der Waals surface area contributed by atoms with Crippen molar-refractivity contribution in [1.29, 1.82) is 0 Å². The van der Waals surface area contributed by atoms with E-state index < -0.39 is 11.6 Å². The van der Waals surface area contributed by atoms with Crippen molar-refractivity contribution >= 4 is 29.6 Å². The minimum atomic E-state index is -1.79. The lowest BCUT2D eigenvalue weighted by molar-refractivity contribution is -0.132. The van der Waals surface area contributed by atoms with Crippen LogP contribution in [0.15, 0.2) is 35.5 Å². The molecule has 0 spiro atoms. The number of hydrogen-bond acceptors (Lipinski definition) is 7. The number of allylic oxidation sites excluding steroid dienone is 2. The summed E-state index contributed by atoms with van der Waals surface area (Å²) in [4.78, 5) is 15.5. The number of carbonyl (C=O) groups excluding carboxylic acids is 1. The maximum Gasteiger partial charge on any atom is 0.267 e. The molecule has 1 aliphatic heterocycles. The van der Waals surface area contributed by atoms with E-state index in [1.165, 1.54) is 45.2 Å². The number of nitrogens with zero attached hydrogens (tertiary/aromatic N) is 1. The fourth-order valence-corrected chi connectivity index (χ4v) is 7.28. The van der Waals surface area contributed by atoms with Crippen LogP contribution >= 0.6 is 23.7 Å². The van der Waals surface area contributed by atoms with Gasteiger partial charge in [0.2, 0.25) is 0 Å². The second-order valence-corrected chi connectivity index (χ2v) is 12.8. The first-order valence-corrected chi connectivity index (χ1v) is 15.5. The minimum absolute atomic E-state index is 0.274. The Balaban J connectivity index is 1.54. The molecule has 2 saturated carbocycles. The van der Waals surface area contributed by atoms with Crippen LogP contribution in [0.4, 0.5) is 4.39 Å². The van der Waals surface area contributed by atoms with E-state index in [0.717, 1.165) is 61.1 Å². The molecule has 3 fully saturated rings. The van der Waals surface area contributed by atoms with Crippen LogP contribution in [-0.4, -0.2) is 58.4 Å². The fourth-order valence-electron chi connectivity index (χ4n) is 5.18. The third-order valence-corrected chi connectivity index (χ3v) is 9.78. The van der Waals surface area contributed by atoms with E-state index in [0.29, 0.717) is 16.6 Å². The number of hydrogen-bond donors (Lipinski definition) is 4. The van der Waals surface area contributed by atoms with Crippen molar-refractivity contribution in [2.24, 2.45) is 5.92 Å². The average molecular weight is 541 g/mol. The molecular formula is C27H45FN4O2S2. The molecule has 4 N–H and O–H groups in total. The second-order valence-electron chi connectivity index (χ2n) is 10.6. The molecule has 0 aromatic carbocycles. The van der Waals surface area contributed by atoms with Gasteiger partial charge in [-0.2, -0.15) is 11.8 Å². The maximum atomic E-state index is 14.9. The van der Waals surface area contributed by atoms with E-state index in [9.17, 15) is 14.4 Å². The standard InChI is InChI=1S/C27H45FN4O2S2/c1-3-24(36-31-26(33)27(28)13-8-5-9-14-27)16-23(30-34)17-29-22(12-15-32-18-21(2)19-32)20-35-25-10-6-4-7-11-25/h3,16-17,21-22,25,29-30,34H,1,4-15,18-20H2,2H3,(H,31,33)/b23-17-,24-16+. The third kappa shape index (κ3) is 9.62. The number of carbonyl (C=O) groups is 1. The Hall–Kier alpha value is -1.16. The zero-order valence-electron chi connectivity index (χ0n) is 21.8. The molecule has 1 saturated heterocycles. The van der Waals surface area contributed by atoms with Crippen LogP contribution in [0.25, 0.3) is 0 Å². The van der Waals surface area contributed by atoms with E-state index in [4.69, 9.17) is 0 Å². The number of amides is 1. The number of likely N-dealkylation sites (tertiary alicyclic amines) is 1. The first-order chi connectivity index (χ1) is 17.4. The van der Waals surface area contributed by atoms with Gasteiger partial charge in [0.05, 0.1) is 5.70 Å². The first kappa shape index (κ1) is 29.4. The molecule has 3 rings (SSSR count). The molecule has 36 heavy (non-hydrogen) atoms. The summed E-state index contributed by atoms with van der Waals surface area (Å²) in [7, 11) is 0. The van der Waals surface area contributed by atoms with Crippen LogP contribution in [-0.2, 0) is 4.79 Å². The number of nitrogens with one attached hydrogen (secondary N) is 3. The number of halogens is 1. The number of thioether (sulfide) groups is 1. The molecule has 1 atom stereocenters. The molecular weight excluding hydrogens is 495 g/mol. The molecule has 0 bridgehead atoms. The van der Waals surface area contributed by atoms with Gasteiger partial charge in [-0.05, 0) is 68.9 Å². The molecule has 2 aliphatic carbocycles. The Labute approximate surface area is 225 Å². The summed E-state index contributed by atoms with van der Waals surface area (Å²) in [5, 5.41) is 14.0. The van der Waals surface area contributed by atoms with E-state index >= 15 is 0 Å². The molecule has 6 nitrogen and oxygen atoms in total. The summed E-state index contributed by atoms with van der Waals surface area (Å²) in [6.07, 6.45) is 15.8. The molecule has 0 aromatic heterocycles. The Kier molecular flexibility index (Phi) is 12.5. The highest BCUT2D eigenvalue weighted by Gasteiger charge is 2.39. The third-order valence-electron chi connectivity index (χ3n) is 7.44. The molecule has 0 radical (unpaired) electrons. The van der Waals surface area contributed by atoms with Gasteiger partial charge in [0.25, 0.3) is 5.91 Å². The van der Waals surface area contributed by atoms with Crippen molar-refractivity contribution in [3.05, 3.63) is 35.5 Å². The zero-order chi connectivity index (χ0) is 25.8. The summed E-state index contributed by atoms with van der Waals surface area (Å²) >= 11 is 3.10. The Morgan fingerprint density at radius 2 is 1.89 bits per heavy atom. The summed E-state index contributed by atoms with van der Waals surface area (Å²) < 4.78 is 17.5. The van der Waals surface area contributed by atoms with Gasteiger partial charge in [-0.3, -0.25) is 20.2 Å². The van der Waals surface area contributed by atoms with Gasteiger partial charge in [0.15, 0.2) is 5.67 Å². The Morgan fingerprint density at radius 1 is 1.19 bits per heavy atom. The van der Waals surface area contributed by atoms with Crippen molar-refractivity contribution in [3.63, 3.8) is 0 Å². The van der Waals surface area contributed by atoms with E-state index in [1.807, 2.05) is 0 Å². The Bertz CT molecular complexity index is 761. The summed E-state index contributed by atoms with van der Waals surface area (Å²) in [6, 6.07) is 0.293. The summed E-state index contributed by atoms with van der Waals surface area (Å²) in [5.74, 6) is 1.25. The minimum Gasteiger partial charge on any atom is -0.386 e. The highest BCUT2D eigenvalue weighted by molar-refractivity contribution is 8.02. The average Bonchev–Trinajstić information content (AvgIpc) is 2.88. The predicted octanol–water partition coefficient (Wildman–Crippen LogP) is 5.68. The van der Waals surface area contributed by atoms with Gasteiger partial charge in [0, 0.05) is 47.8 Å². The van der Waals surface area contributed by atoms with Gasteiger partial charge < -0.3 is 10.2 Å². The van der Waals surface area contributed by atoms with Gasteiger partial charge in [-0.1, -0.05) is 45.3 Å². The van der Waals surface area contributed by atoms with Crippen molar-refractivity contribution in [3.8, 4) is 0 Å². The molecule has 1 heterocycles. The van der Waals surface area contributed by atoms with E-state index in [2.05, 4.69) is 45.7 Å². The highest BCUT2D eigenvalue weighted by atomic mass is 32.2. The van der Waals surface area contributed by atoms with Gasteiger partial charge in [0.1, 0.15) is 0 Å². The topological polar surface area (TPSA) is 76.6 Å². The largest absolute Gasteiger partial charge is 0.386 e. The quantitative estimate of drug-likeness (QED) is 0.128. The second kappa shape index (κ2) is 15.3. The summed E-state index contributed by atoms with van der Waals surface area (Å²) in [5.41, 5.74) is 0.912. The molecule has 9 heteroatoms. The summed E-state index contributed by atoms with van der Waals surface area (Å²) in [6.45, 7) is 9.52. The van der Waals surface area contributed by atoms with E-state index in [-0.39, 0.29) is 12.8 Å². The van der Waals surface area contributed by atoms with Crippen molar-refractivity contribution < 1.29 is 14.4 Å². The van der Waals surface area contributed by atoms with Crippen LogP contribution in [0, 0.1) is 5.92 Å². The fraction of sp³-hybridized carbons (Fsp3) is 0.741. The van der Waals surface area contributed by atoms with Crippen molar-refractivity contribution in [2.75, 3.05) is 25.4 Å². The molecule has 3 aliphatic rings. The highest BCUT2D eigenvalue weighted by Crippen LogP contribution is 2.33. The van der Waals surface area contributed by atoms with E-state index in [1.54, 1.807) is 18.4 Å². The molecule has 1 unspecified atom stereocenters. The smallest absolute Gasteiger partial charge is 0.267 e. The van der Waals surface area contributed by atoms with Crippen molar-refractivity contribution in [2.45, 2.75) is 94.5 Å².